The van der Waals surface area contributed by atoms with Crippen LogP contribution in [-0.4, -0.2) is 103 Å². The number of nitrogens with one attached hydrogen (secondary N) is 2. The van der Waals surface area contributed by atoms with Crippen LogP contribution in [0.2, 0.25) is 0 Å². The molecular weight excluding hydrogens is 939 g/mol. The summed E-state index contributed by atoms with van der Waals surface area (Å²) < 4.78 is 64.8. The van der Waals surface area contributed by atoms with Gasteiger partial charge >= 0.3 is 0 Å². The first-order valence-corrected chi connectivity index (χ1v) is 25.1. The van der Waals surface area contributed by atoms with E-state index in [1.54, 1.807) is 40.6 Å². The lowest BCUT2D eigenvalue weighted by Crippen LogP contribution is -2.22. The van der Waals surface area contributed by atoms with E-state index in [1.165, 1.54) is 23.1 Å². The fraction of sp³-hybridized carbons (Fsp3) is 0.326. The van der Waals surface area contributed by atoms with Crippen LogP contribution in [0.4, 0.5) is 56.0 Å². The van der Waals surface area contributed by atoms with Gasteiger partial charge in [0.25, 0.3) is 10.1 Å². The van der Waals surface area contributed by atoms with Crippen molar-refractivity contribution in [3.8, 4) is 23.0 Å². The lowest BCUT2D eigenvalue weighted by atomic mass is 10.2. The van der Waals surface area contributed by atoms with Gasteiger partial charge in [0.15, 0.2) is 15.2 Å². The highest BCUT2D eigenvalue weighted by molar-refractivity contribution is 8.00. The van der Waals surface area contributed by atoms with E-state index < -0.39 is 15.9 Å². The van der Waals surface area contributed by atoms with E-state index >= 15 is 0 Å². The number of anilines is 6. The van der Waals surface area contributed by atoms with Gasteiger partial charge in [0.2, 0.25) is 11.9 Å². The standard InChI is InChI=1S/C43H49N13O7S4/c1-9-55(10-2)35-21-31(33(23-37(35)62-7)49-51-39-27-19-25(60-5)13-15-29(27)53-65-39)44-41-46-42(48-43(47-41)64-17-18-67(57,58)59)45-32-22-36(56(11-3)12-4)38(63-8)24-34(32)50-52-40-28-20-26(61-6)14-16-30(28)54-66-40/h13-16,19-24H,9-12,17-18H2,1-8H3,(H,57,58,59)(H2,44,45,46,47,48)/b51-49+,52-50+. The van der Waals surface area contributed by atoms with Crippen LogP contribution in [0, 0.1) is 0 Å². The Morgan fingerprint density at radius 3 is 1.46 bits per heavy atom. The van der Waals surface area contributed by atoms with Gasteiger partial charge in [0.05, 0.1) is 68.0 Å². The molecule has 7 aromatic rings. The highest BCUT2D eigenvalue weighted by Gasteiger charge is 2.21. The molecule has 3 aromatic heterocycles. The van der Waals surface area contributed by atoms with Crippen molar-refractivity contribution < 1.29 is 31.9 Å². The number of thioether (sulfide) groups is 1. The molecule has 7 rings (SSSR count). The van der Waals surface area contributed by atoms with E-state index in [4.69, 9.17) is 34.2 Å². The molecule has 0 aliphatic rings. The Bertz CT molecular complexity index is 2850. The van der Waals surface area contributed by atoms with Crippen molar-refractivity contribution in [1.82, 2.24) is 23.7 Å². The van der Waals surface area contributed by atoms with Gasteiger partial charge < -0.3 is 39.4 Å². The van der Waals surface area contributed by atoms with Crippen molar-refractivity contribution in [3.63, 3.8) is 0 Å². The van der Waals surface area contributed by atoms with Crippen molar-refractivity contribution >= 4 is 123 Å². The molecular formula is C43H49N13O7S4. The summed E-state index contributed by atoms with van der Waals surface area (Å²) in [6.45, 7) is 10.9. The van der Waals surface area contributed by atoms with Crippen molar-refractivity contribution in [3.05, 3.63) is 60.7 Å². The predicted molar refractivity (Wildman–Crippen MR) is 267 cm³/mol. The number of ether oxygens (including phenoxy) is 4. The Hall–Kier alpha value is -6.47. The number of methoxy groups -OCH3 is 4. The van der Waals surface area contributed by atoms with Crippen LogP contribution in [0.15, 0.2) is 86.3 Å². The average Bonchev–Trinajstić information content (AvgIpc) is 3.94. The molecule has 3 heterocycles. The third-order valence-corrected chi connectivity index (χ3v) is 13.7. The van der Waals surface area contributed by atoms with E-state index in [0.717, 1.165) is 44.9 Å². The summed E-state index contributed by atoms with van der Waals surface area (Å²) in [5.41, 5.74) is 4.79. The van der Waals surface area contributed by atoms with E-state index in [9.17, 15) is 13.0 Å². The molecule has 0 unspecified atom stereocenters. The lowest BCUT2D eigenvalue weighted by molar-refractivity contribution is 0.414. The van der Waals surface area contributed by atoms with Crippen molar-refractivity contribution in [2.45, 2.75) is 32.9 Å². The van der Waals surface area contributed by atoms with Crippen LogP contribution in [0.1, 0.15) is 27.7 Å². The monoisotopic (exact) mass is 987 g/mol. The summed E-state index contributed by atoms with van der Waals surface area (Å²) >= 11 is 3.42. The third kappa shape index (κ3) is 11.6. The Morgan fingerprint density at radius 2 is 1.07 bits per heavy atom. The molecule has 0 spiro atoms. The molecule has 0 amide bonds. The van der Waals surface area contributed by atoms with E-state index in [1.807, 2.05) is 76.2 Å². The number of hydrogen-bond acceptors (Lipinski definition) is 22. The third-order valence-electron chi connectivity index (χ3n) is 10.3. The van der Waals surface area contributed by atoms with Crippen molar-refractivity contribution in [1.29, 1.82) is 0 Å². The van der Waals surface area contributed by atoms with Gasteiger partial charge in [-0.15, -0.1) is 20.5 Å². The maximum Gasteiger partial charge on any atom is 0.265 e. The summed E-state index contributed by atoms with van der Waals surface area (Å²) in [4.78, 5) is 18.4. The topological polar surface area (TPSA) is 236 Å². The molecule has 0 atom stereocenters. The van der Waals surface area contributed by atoms with Crippen LogP contribution in [0.25, 0.3) is 21.8 Å². The Kier molecular flexibility index (Phi) is 15.8. The first-order valence-electron chi connectivity index (χ1n) is 20.9. The summed E-state index contributed by atoms with van der Waals surface area (Å²) in [6, 6.07) is 18.4. The molecule has 24 heteroatoms. The van der Waals surface area contributed by atoms with Gasteiger partial charge in [-0.1, -0.05) is 11.8 Å². The molecule has 0 saturated heterocycles. The number of azo groups is 2. The molecule has 0 radical (unpaired) electrons. The number of hydrogen-bond donors (Lipinski definition) is 3. The van der Waals surface area contributed by atoms with Gasteiger partial charge in [0, 0.05) is 54.8 Å². The minimum atomic E-state index is -4.28. The van der Waals surface area contributed by atoms with E-state index in [2.05, 4.69) is 49.4 Å². The summed E-state index contributed by atoms with van der Waals surface area (Å²) in [5, 5.41) is 28.2. The summed E-state index contributed by atoms with van der Waals surface area (Å²) in [5.74, 6) is 2.02. The van der Waals surface area contributed by atoms with Gasteiger partial charge in [-0.2, -0.15) is 32.1 Å². The molecule has 4 aromatic carbocycles. The summed E-state index contributed by atoms with van der Waals surface area (Å²) in [6.07, 6.45) is 0. The van der Waals surface area contributed by atoms with E-state index in [0.29, 0.717) is 81.9 Å². The zero-order chi connectivity index (χ0) is 47.7. The molecule has 0 bridgehead atoms. The SMILES string of the molecule is CCN(CC)c1cc(Nc2nc(Nc3cc(N(CC)CC)c(OC)cc3/N=N/c3snc4ccc(OC)cc34)nc(SCCS(=O)(=O)O)n2)c(/N=N/c2snc3ccc(OC)cc23)cc1OC. The highest BCUT2D eigenvalue weighted by Crippen LogP contribution is 2.44. The van der Waals surface area contributed by atoms with Gasteiger partial charge in [-0.05, 0) is 99.3 Å². The fourth-order valence-corrected chi connectivity index (χ4v) is 9.88. The predicted octanol–water partition coefficient (Wildman–Crippen LogP) is 11.1. The van der Waals surface area contributed by atoms with Crippen LogP contribution < -0.4 is 39.4 Å². The second kappa shape index (κ2) is 21.9. The Morgan fingerprint density at radius 1 is 0.627 bits per heavy atom. The van der Waals surface area contributed by atoms with Gasteiger partial charge in [-0.3, -0.25) is 4.55 Å². The highest BCUT2D eigenvalue weighted by atomic mass is 32.2. The van der Waals surface area contributed by atoms with Crippen LogP contribution in [0.5, 0.6) is 23.0 Å². The van der Waals surface area contributed by atoms with Crippen molar-refractivity contribution in [2.24, 2.45) is 20.5 Å². The zero-order valence-electron chi connectivity index (χ0n) is 38.0. The second-order valence-electron chi connectivity index (χ2n) is 14.2. The van der Waals surface area contributed by atoms with Crippen LogP contribution in [-0.2, 0) is 10.1 Å². The molecule has 0 aliphatic heterocycles. The average molecular weight is 988 g/mol. The Labute approximate surface area is 400 Å². The number of benzene rings is 4. The number of nitrogens with zero attached hydrogens (tertiary/aromatic N) is 11. The molecule has 67 heavy (non-hydrogen) atoms. The minimum Gasteiger partial charge on any atom is -0.497 e. The summed E-state index contributed by atoms with van der Waals surface area (Å²) in [7, 11) is 2.09. The smallest absolute Gasteiger partial charge is 0.265 e. The number of rotatable bonds is 22. The first kappa shape index (κ1) is 48.5. The normalized spacial score (nSPS) is 11.8. The number of aromatic nitrogens is 5. The lowest BCUT2D eigenvalue weighted by Gasteiger charge is -2.25. The maximum absolute atomic E-state index is 11.8. The second-order valence-corrected chi connectivity index (χ2v) is 18.4. The maximum atomic E-state index is 11.8. The largest absolute Gasteiger partial charge is 0.497 e. The molecule has 0 saturated carbocycles. The number of fused-ring (bicyclic) bond motifs is 2. The van der Waals surface area contributed by atoms with Gasteiger partial charge in [-0.25, -0.2) is 0 Å². The zero-order valence-corrected chi connectivity index (χ0v) is 41.2. The van der Waals surface area contributed by atoms with E-state index in [-0.39, 0.29) is 22.8 Å². The first-order chi connectivity index (χ1) is 32.4. The van der Waals surface area contributed by atoms with Crippen molar-refractivity contribution in [2.75, 3.05) is 86.6 Å². The quantitative estimate of drug-likeness (QED) is 0.0325. The molecule has 3 N–H and O–H groups in total. The van der Waals surface area contributed by atoms with Gasteiger partial charge in [0.1, 0.15) is 34.4 Å². The molecule has 352 valence electrons. The van der Waals surface area contributed by atoms with Crippen LogP contribution in [0.3, 0.4) is 0 Å². The Balaban J connectivity index is 1.34. The molecule has 0 aliphatic carbocycles. The minimum absolute atomic E-state index is 0.0505. The molecule has 20 nitrogen and oxygen atoms in total. The fourth-order valence-electron chi connectivity index (χ4n) is 6.85. The molecule has 0 fully saturated rings. The van der Waals surface area contributed by atoms with Crippen LogP contribution >= 0.6 is 34.8 Å².